The van der Waals surface area contributed by atoms with E-state index in [1.54, 1.807) is 11.8 Å². The summed E-state index contributed by atoms with van der Waals surface area (Å²) in [6.07, 6.45) is 0.641. The Balaban J connectivity index is 1.74. The van der Waals surface area contributed by atoms with Gasteiger partial charge in [-0.15, -0.1) is 0 Å². The molecule has 0 aromatic heterocycles. The van der Waals surface area contributed by atoms with Crippen molar-refractivity contribution in [2.45, 2.75) is 44.4 Å². The Morgan fingerprint density at radius 3 is 2.78 bits per heavy atom. The zero-order valence-electron chi connectivity index (χ0n) is 12.9. The van der Waals surface area contributed by atoms with Gasteiger partial charge >= 0.3 is 6.03 Å². The monoisotopic (exact) mass is 317 g/mol. The van der Waals surface area contributed by atoms with Crippen LogP contribution >= 0.6 is 0 Å². The van der Waals surface area contributed by atoms with E-state index in [2.05, 4.69) is 0 Å². The molecule has 4 rings (SSSR count). The predicted octanol–water partition coefficient (Wildman–Crippen LogP) is 0.895. The van der Waals surface area contributed by atoms with Crippen molar-refractivity contribution in [2.75, 3.05) is 6.54 Å². The van der Waals surface area contributed by atoms with Gasteiger partial charge in [-0.1, -0.05) is 30.3 Å². The molecule has 3 saturated heterocycles. The summed E-state index contributed by atoms with van der Waals surface area (Å²) >= 11 is 0. The van der Waals surface area contributed by atoms with Crippen LogP contribution in [0.4, 0.5) is 4.79 Å². The van der Waals surface area contributed by atoms with Gasteiger partial charge in [0.2, 0.25) is 0 Å². The minimum Gasteiger partial charge on any atom is -0.346 e. The summed E-state index contributed by atoms with van der Waals surface area (Å²) in [6.45, 7) is 2.38. The van der Waals surface area contributed by atoms with Crippen LogP contribution in [-0.2, 0) is 16.1 Å². The topological polar surface area (TPSA) is 73.3 Å². The number of hydrogen-bond acceptors (Lipinski definition) is 4. The van der Waals surface area contributed by atoms with Gasteiger partial charge in [0.25, 0.3) is 11.8 Å². The first-order valence-electron chi connectivity index (χ1n) is 7.88. The summed E-state index contributed by atoms with van der Waals surface area (Å²) in [5.41, 5.74) is 0.883. The third-order valence-electron chi connectivity index (χ3n) is 4.78. The van der Waals surface area contributed by atoms with E-state index in [4.69, 9.17) is 4.74 Å². The van der Waals surface area contributed by atoms with E-state index in [1.165, 1.54) is 5.01 Å². The second-order valence-electron chi connectivity index (χ2n) is 6.25. The Hall–Kier alpha value is -2.12. The molecular weight excluding hydrogens is 298 g/mol. The summed E-state index contributed by atoms with van der Waals surface area (Å²) in [5, 5.41) is 13.5. The molecule has 0 radical (unpaired) electrons. The van der Waals surface area contributed by atoms with Gasteiger partial charge in [0, 0.05) is 6.54 Å². The molecule has 122 valence electrons. The maximum absolute atomic E-state index is 12.8. The highest BCUT2D eigenvalue weighted by atomic mass is 16.7. The molecule has 1 N–H and O–H groups in total. The first kappa shape index (κ1) is 14.5. The highest BCUT2D eigenvalue weighted by Gasteiger charge is 2.64. The fourth-order valence-corrected chi connectivity index (χ4v) is 3.72. The molecule has 3 aliphatic heterocycles. The molecule has 3 heterocycles. The van der Waals surface area contributed by atoms with Crippen LogP contribution < -0.4 is 0 Å². The van der Waals surface area contributed by atoms with Gasteiger partial charge in [0.15, 0.2) is 0 Å². The fourth-order valence-electron chi connectivity index (χ4n) is 3.72. The molecule has 7 nitrogen and oxygen atoms in total. The first-order chi connectivity index (χ1) is 11.0. The van der Waals surface area contributed by atoms with Crippen molar-refractivity contribution >= 4 is 11.9 Å². The molecule has 0 bridgehead atoms. The number of fused-ring (bicyclic) bond motifs is 3. The molecule has 23 heavy (non-hydrogen) atoms. The number of benzene rings is 1. The molecule has 7 heteroatoms. The van der Waals surface area contributed by atoms with Crippen molar-refractivity contribution in [3.05, 3.63) is 35.9 Å². The van der Waals surface area contributed by atoms with Gasteiger partial charge in [-0.25, -0.2) is 9.80 Å². The lowest BCUT2D eigenvalue weighted by atomic mass is 10.1. The van der Waals surface area contributed by atoms with E-state index in [-0.39, 0.29) is 18.5 Å². The predicted molar refractivity (Wildman–Crippen MR) is 79.5 cm³/mol. The molecule has 3 fully saturated rings. The van der Waals surface area contributed by atoms with E-state index in [9.17, 15) is 14.7 Å². The number of carbonyl (C=O) groups is 2. The van der Waals surface area contributed by atoms with Gasteiger partial charge in [-0.2, -0.15) is 5.01 Å². The molecular formula is C16H19N3O4. The third-order valence-corrected chi connectivity index (χ3v) is 4.78. The van der Waals surface area contributed by atoms with Crippen molar-refractivity contribution < 1.29 is 19.4 Å². The van der Waals surface area contributed by atoms with Gasteiger partial charge in [0.05, 0.1) is 6.54 Å². The highest BCUT2D eigenvalue weighted by Crippen LogP contribution is 2.42. The summed E-state index contributed by atoms with van der Waals surface area (Å²) in [6, 6.07) is 8.64. The maximum atomic E-state index is 12.8. The van der Waals surface area contributed by atoms with Crippen LogP contribution in [0.5, 0.6) is 0 Å². The molecule has 1 aromatic rings. The quantitative estimate of drug-likeness (QED) is 0.879. The van der Waals surface area contributed by atoms with Crippen LogP contribution in [0.25, 0.3) is 0 Å². The van der Waals surface area contributed by atoms with E-state index >= 15 is 0 Å². The third kappa shape index (κ3) is 1.96. The number of aliphatic hydroxyl groups is 1. The lowest BCUT2D eigenvalue weighted by Crippen LogP contribution is -2.72. The van der Waals surface area contributed by atoms with Gasteiger partial charge < -0.3 is 14.7 Å². The fraction of sp³-hybridized carbons (Fsp3) is 0.500. The number of ether oxygens (including phenoxy) is 1. The number of urea groups is 1. The maximum Gasteiger partial charge on any atom is 0.339 e. The zero-order valence-corrected chi connectivity index (χ0v) is 12.9. The number of hydrazine groups is 1. The van der Waals surface area contributed by atoms with Crippen molar-refractivity contribution in [1.29, 1.82) is 0 Å². The molecule has 0 saturated carbocycles. The molecule has 3 aliphatic rings. The van der Waals surface area contributed by atoms with Gasteiger partial charge in [-0.3, -0.25) is 4.79 Å². The summed E-state index contributed by atoms with van der Waals surface area (Å²) in [5.74, 6) is -2.15. The largest absolute Gasteiger partial charge is 0.346 e. The van der Waals surface area contributed by atoms with E-state index < -0.39 is 18.1 Å². The van der Waals surface area contributed by atoms with Crippen LogP contribution in [0.2, 0.25) is 0 Å². The second-order valence-corrected chi connectivity index (χ2v) is 6.25. The van der Waals surface area contributed by atoms with Crippen molar-refractivity contribution in [2.24, 2.45) is 0 Å². The minimum atomic E-state index is -1.77. The lowest BCUT2D eigenvalue weighted by Gasteiger charge is -2.50. The van der Waals surface area contributed by atoms with Crippen LogP contribution in [0.3, 0.4) is 0 Å². The average molecular weight is 317 g/mol. The van der Waals surface area contributed by atoms with Crippen molar-refractivity contribution in [1.82, 2.24) is 14.9 Å². The normalized spacial score (nSPS) is 33.2. The molecule has 3 atom stereocenters. The molecule has 3 amide bonds. The number of hydrogen-bond donors (Lipinski definition) is 1. The Labute approximate surface area is 134 Å². The van der Waals surface area contributed by atoms with Crippen molar-refractivity contribution in [3.8, 4) is 0 Å². The Kier molecular flexibility index (Phi) is 3.11. The SMILES string of the molecule is C[C@@H]1OC2(O)[C@@H]3CCCN3C(=O)N(Cc3ccccc3)N2C1=O. The van der Waals surface area contributed by atoms with Gasteiger partial charge in [-0.05, 0) is 25.3 Å². The Morgan fingerprint density at radius 2 is 2.04 bits per heavy atom. The summed E-state index contributed by atoms with van der Waals surface area (Å²) in [4.78, 5) is 27.0. The van der Waals surface area contributed by atoms with E-state index in [0.717, 1.165) is 17.0 Å². The van der Waals surface area contributed by atoms with E-state index in [0.29, 0.717) is 13.0 Å². The molecule has 1 aromatic carbocycles. The Morgan fingerprint density at radius 1 is 1.30 bits per heavy atom. The standard InChI is InChI=1S/C16H19N3O4/c1-11-14(20)19-16(22,23-11)13-8-5-9-17(13)15(21)18(19)10-12-6-3-2-4-7-12/h2-4,6-7,11,13,22H,5,8-10H2,1H3/t11-,13-,16?/m0/s1. The smallest absolute Gasteiger partial charge is 0.339 e. The number of nitrogens with zero attached hydrogens (tertiary/aromatic N) is 3. The average Bonchev–Trinajstić information content (AvgIpc) is 3.11. The number of rotatable bonds is 2. The zero-order chi connectivity index (χ0) is 16.2. The van der Waals surface area contributed by atoms with Crippen LogP contribution in [0.1, 0.15) is 25.3 Å². The number of amides is 3. The van der Waals surface area contributed by atoms with Crippen LogP contribution in [0.15, 0.2) is 30.3 Å². The van der Waals surface area contributed by atoms with E-state index in [1.807, 2.05) is 30.3 Å². The second kappa shape index (κ2) is 4.94. The van der Waals surface area contributed by atoms with Crippen LogP contribution in [-0.4, -0.2) is 56.6 Å². The van der Waals surface area contributed by atoms with Gasteiger partial charge in [0.1, 0.15) is 12.1 Å². The first-order valence-corrected chi connectivity index (χ1v) is 7.88. The minimum absolute atomic E-state index is 0.215. The Bertz CT molecular complexity index is 652. The lowest BCUT2D eigenvalue weighted by molar-refractivity contribution is -0.329. The summed E-state index contributed by atoms with van der Waals surface area (Å²) < 4.78 is 5.59. The molecule has 0 spiro atoms. The molecule has 1 unspecified atom stereocenters. The van der Waals surface area contributed by atoms with Crippen LogP contribution in [0, 0.1) is 0 Å². The van der Waals surface area contributed by atoms with Crippen molar-refractivity contribution in [3.63, 3.8) is 0 Å². The highest BCUT2D eigenvalue weighted by molar-refractivity contribution is 5.87. The number of carbonyl (C=O) groups excluding carboxylic acids is 2. The molecule has 0 aliphatic carbocycles. The summed E-state index contributed by atoms with van der Waals surface area (Å²) in [7, 11) is 0.